The molecule has 104 valence electrons. The fourth-order valence-corrected chi connectivity index (χ4v) is 2.09. The lowest BCUT2D eigenvalue weighted by Crippen LogP contribution is -1.92. The lowest BCUT2D eigenvalue weighted by Gasteiger charge is -1.99. The van der Waals surface area contributed by atoms with Gasteiger partial charge < -0.3 is 0 Å². The van der Waals surface area contributed by atoms with Gasteiger partial charge >= 0.3 is 0 Å². The van der Waals surface area contributed by atoms with Crippen molar-refractivity contribution in [2.45, 2.75) is 58.3 Å². The summed E-state index contributed by atoms with van der Waals surface area (Å²) in [6.45, 7) is 2.23. The fraction of sp³-hybridized carbons (Fsp3) is 0.500. The molecule has 1 nitrogen and oxygen atoms in total. The summed E-state index contributed by atoms with van der Waals surface area (Å²) in [6.07, 6.45) is 13.1. The Morgan fingerprint density at radius 2 is 1.58 bits per heavy atom. The standard InChI is InChI=1S/C18H26O/c1-2-3-4-5-6-7-11-14-18(19)16-15-17-12-9-8-10-13-17/h8-10,12-13,15-16H,2-7,11,14H2,1H3/b16-15+. The van der Waals surface area contributed by atoms with Crippen molar-refractivity contribution in [1.82, 2.24) is 0 Å². The monoisotopic (exact) mass is 258 g/mol. The number of rotatable bonds is 10. The molecule has 0 amide bonds. The zero-order chi connectivity index (χ0) is 13.8. The zero-order valence-corrected chi connectivity index (χ0v) is 12.1. The summed E-state index contributed by atoms with van der Waals surface area (Å²) in [7, 11) is 0. The molecule has 1 aromatic rings. The van der Waals surface area contributed by atoms with E-state index in [0.717, 1.165) is 12.0 Å². The predicted octanol–water partition coefficient (Wildman–Crippen LogP) is 5.41. The van der Waals surface area contributed by atoms with E-state index in [-0.39, 0.29) is 5.78 Å². The topological polar surface area (TPSA) is 17.1 Å². The molecule has 0 bridgehead atoms. The van der Waals surface area contributed by atoms with Crippen LogP contribution >= 0.6 is 0 Å². The molecule has 0 atom stereocenters. The van der Waals surface area contributed by atoms with E-state index in [2.05, 4.69) is 6.92 Å². The van der Waals surface area contributed by atoms with Crippen LogP contribution in [0.3, 0.4) is 0 Å². The molecule has 0 saturated heterocycles. The van der Waals surface area contributed by atoms with Crippen molar-refractivity contribution in [3.05, 3.63) is 42.0 Å². The molecule has 0 N–H and O–H groups in total. The van der Waals surface area contributed by atoms with Crippen molar-refractivity contribution in [3.63, 3.8) is 0 Å². The van der Waals surface area contributed by atoms with Crippen LogP contribution in [0.5, 0.6) is 0 Å². The molecule has 0 saturated carbocycles. The van der Waals surface area contributed by atoms with Gasteiger partial charge in [-0.05, 0) is 18.1 Å². The van der Waals surface area contributed by atoms with Crippen LogP contribution in [0.15, 0.2) is 36.4 Å². The highest BCUT2D eigenvalue weighted by molar-refractivity contribution is 5.93. The molecule has 0 aliphatic rings. The third-order valence-corrected chi connectivity index (χ3v) is 3.29. The average Bonchev–Trinajstić information content (AvgIpc) is 2.45. The van der Waals surface area contributed by atoms with Gasteiger partial charge in [0.25, 0.3) is 0 Å². The SMILES string of the molecule is CCCCCCCCCC(=O)/C=C/c1ccccc1. The molecule has 0 aliphatic carbocycles. The Hall–Kier alpha value is -1.37. The van der Waals surface area contributed by atoms with Gasteiger partial charge in [-0.3, -0.25) is 4.79 Å². The van der Waals surface area contributed by atoms with Gasteiger partial charge in [-0.2, -0.15) is 0 Å². The van der Waals surface area contributed by atoms with E-state index in [1.165, 1.54) is 38.5 Å². The van der Waals surface area contributed by atoms with E-state index in [0.29, 0.717) is 6.42 Å². The van der Waals surface area contributed by atoms with Crippen LogP contribution in [0.4, 0.5) is 0 Å². The van der Waals surface area contributed by atoms with Crippen LogP contribution in [-0.2, 0) is 4.79 Å². The first-order valence-electron chi connectivity index (χ1n) is 7.59. The summed E-state index contributed by atoms with van der Waals surface area (Å²) in [6, 6.07) is 9.98. The average molecular weight is 258 g/mol. The second-order valence-electron chi connectivity index (χ2n) is 5.08. The smallest absolute Gasteiger partial charge is 0.155 e. The maximum Gasteiger partial charge on any atom is 0.155 e. The number of unbranched alkanes of at least 4 members (excludes halogenated alkanes) is 6. The first-order chi connectivity index (χ1) is 9.33. The lowest BCUT2D eigenvalue weighted by atomic mass is 10.1. The number of carbonyl (C=O) groups is 1. The van der Waals surface area contributed by atoms with Crippen molar-refractivity contribution in [3.8, 4) is 0 Å². The molecule has 0 aromatic heterocycles. The van der Waals surface area contributed by atoms with E-state index in [1.807, 2.05) is 36.4 Å². The summed E-state index contributed by atoms with van der Waals surface area (Å²) in [5.74, 6) is 0.248. The van der Waals surface area contributed by atoms with E-state index < -0.39 is 0 Å². The molecule has 1 heteroatoms. The van der Waals surface area contributed by atoms with E-state index >= 15 is 0 Å². The first kappa shape index (κ1) is 15.7. The van der Waals surface area contributed by atoms with E-state index in [4.69, 9.17) is 0 Å². The van der Waals surface area contributed by atoms with Crippen molar-refractivity contribution in [1.29, 1.82) is 0 Å². The van der Waals surface area contributed by atoms with Crippen LogP contribution in [0, 0.1) is 0 Å². The minimum absolute atomic E-state index is 0.248. The number of ketones is 1. The summed E-state index contributed by atoms with van der Waals surface area (Å²) < 4.78 is 0. The maximum atomic E-state index is 11.7. The van der Waals surface area contributed by atoms with Gasteiger partial charge in [-0.1, -0.05) is 81.9 Å². The molecule has 1 aromatic carbocycles. The van der Waals surface area contributed by atoms with Gasteiger partial charge in [-0.15, -0.1) is 0 Å². The Morgan fingerprint density at radius 1 is 0.947 bits per heavy atom. The third-order valence-electron chi connectivity index (χ3n) is 3.29. The van der Waals surface area contributed by atoms with Gasteiger partial charge in [0, 0.05) is 6.42 Å². The van der Waals surface area contributed by atoms with Crippen molar-refractivity contribution in [2.24, 2.45) is 0 Å². The third kappa shape index (κ3) is 8.36. The minimum atomic E-state index is 0.248. The number of benzene rings is 1. The summed E-state index contributed by atoms with van der Waals surface area (Å²) in [5, 5.41) is 0. The molecule has 0 heterocycles. The molecular weight excluding hydrogens is 232 g/mol. The number of hydrogen-bond acceptors (Lipinski definition) is 1. The molecular formula is C18H26O. The minimum Gasteiger partial charge on any atom is -0.295 e. The van der Waals surface area contributed by atoms with Crippen LogP contribution < -0.4 is 0 Å². The Morgan fingerprint density at radius 3 is 2.26 bits per heavy atom. The quantitative estimate of drug-likeness (QED) is 0.405. The molecule has 0 radical (unpaired) electrons. The molecule has 0 fully saturated rings. The number of hydrogen-bond donors (Lipinski definition) is 0. The maximum absolute atomic E-state index is 11.7. The molecule has 19 heavy (non-hydrogen) atoms. The van der Waals surface area contributed by atoms with Gasteiger partial charge in [-0.25, -0.2) is 0 Å². The fourth-order valence-electron chi connectivity index (χ4n) is 2.09. The van der Waals surface area contributed by atoms with Crippen LogP contribution in [0.25, 0.3) is 6.08 Å². The van der Waals surface area contributed by atoms with Gasteiger partial charge in [0.2, 0.25) is 0 Å². The highest BCUT2D eigenvalue weighted by atomic mass is 16.1. The van der Waals surface area contributed by atoms with Crippen LogP contribution in [-0.4, -0.2) is 5.78 Å². The Bertz CT molecular complexity index is 365. The first-order valence-corrected chi connectivity index (χ1v) is 7.59. The summed E-state index contributed by atoms with van der Waals surface area (Å²) in [5.41, 5.74) is 1.09. The normalized spacial score (nSPS) is 11.0. The molecule has 0 aliphatic heterocycles. The second kappa shape index (κ2) is 10.5. The van der Waals surface area contributed by atoms with Crippen LogP contribution in [0.1, 0.15) is 63.9 Å². The van der Waals surface area contributed by atoms with Gasteiger partial charge in [0.15, 0.2) is 5.78 Å². The highest BCUT2D eigenvalue weighted by Crippen LogP contribution is 2.09. The predicted molar refractivity (Wildman–Crippen MR) is 83.1 cm³/mol. The summed E-state index contributed by atoms with van der Waals surface area (Å²) in [4.78, 5) is 11.7. The number of allylic oxidation sites excluding steroid dienone is 1. The Kier molecular flexibility index (Phi) is 8.70. The zero-order valence-electron chi connectivity index (χ0n) is 12.1. The van der Waals surface area contributed by atoms with E-state index in [1.54, 1.807) is 6.08 Å². The number of carbonyl (C=O) groups excluding carboxylic acids is 1. The van der Waals surface area contributed by atoms with Crippen molar-refractivity contribution < 1.29 is 4.79 Å². The Labute approximate surface area is 117 Å². The summed E-state index contributed by atoms with van der Waals surface area (Å²) >= 11 is 0. The molecule has 1 rings (SSSR count). The highest BCUT2D eigenvalue weighted by Gasteiger charge is 1.97. The second-order valence-corrected chi connectivity index (χ2v) is 5.08. The largest absolute Gasteiger partial charge is 0.295 e. The van der Waals surface area contributed by atoms with Gasteiger partial charge in [0.1, 0.15) is 0 Å². The molecule has 0 spiro atoms. The Balaban J connectivity index is 2.07. The van der Waals surface area contributed by atoms with Crippen LogP contribution in [0.2, 0.25) is 0 Å². The van der Waals surface area contributed by atoms with Gasteiger partial charge in [0.05, 0.1) is 0 Å². The molecule has 0 unspecified atom stereocenters. The van der Waals surface area contributed by atoms with E-state index in [9.17, 15) is 4.79 Å². The van der Waals surface area contributed by atoms with Crippen molar-refractivity contribution in [2.75, 3.05) is 0 Å². The lowest BCUT2D eigenvalue weighted by molar-refractivity contribution is -0.114. The van der Waals surface area contributed by atoms with Crippen molar-refractivity contribution >= 4 is 11.9 Å².